The molecule has 0 aromatic rings. The van der Waals surface area contributed by atoms with Crippen molar-refractivity contribution in [3.63, 3.8) is 0 Å². The Balaban J connectivity index is 5.64. The van der Waals surface area contributed by atoms with Crippen LogP contribution in [0, 0.1) is 0 Å². The van der Waals surface area contributed by atoms with Gasteiger partial charge < -0.3 is 5.11 Å². The van der Waals surface area contributed by atoms with Crippen LogP contribution in [0.15, 0.2) is 23.3 Å². The van der Waals surface area contributed by atoms with Gasteiger partial charge in [-0.25, -0.2) is 4.79 Å². The van der Waals surface area contributed by atoms with Crippen molar-refractivity contribution in [1.29, 1.82) is 0 Å². The topological polar surface area (TPSA) is 88.5 Å². The molecule has 0 saturated carbocycles. The Morgan fingerprint density at radius 3 is 1.93 bits per heavy atom. The van der Waals surface area contributed by atoms with Crippen LogP contribution in [0.1, 0.15) is 13.8 Å². The fraction of sp³-hybridized carbons (Fsp3) is 0.200. The third kappa shape index (κ3) is 2.98. The van der Waals surface area contributed by atoms with Gasteiger partial charge in [-0.3, -0.25) is 14.4 Å². The van der Waals surface area contributed by atoms with Crippen molar-refractivity contribution in [3.05, 3.63) is 23.3 Å². The summed E-state index contributed by atoms with van der Waals surface area (Å²) in [5.74, 6) is -3.57. The summed E-state index contributed by atoms with van der Waals surface area (Å²) in [6, 6.07) is 0. The largest absolute Gasteiger partial charge is 0.478 e. The molecule has 0 bridgehead atoms. The number of carbonyl (C=O) groups is 3. The lowest BCUT2D eigenvalue weighted by atomic mass is 9.97. The zero-order chi connectivity index (χ0) is 12.2. The second-order valence-corrected chi connectivity index (χ2v) is 2.85. The van der Waals surface area contributed by atoms with Crippen molar-refractivity contribution in [3.8, 4) is 0 Å². The molecule has 15 heavy (non-hydrogen) atoms. The Morgan fingerprint density at radius 2 is 1.67 bits per heavy atom. The highest BCUT2D eigenvalue weighted by Crippen LogP contribution is 2.11. The molecule has 0 rings (SSSR count). The van der Waals surface area contributed by atoms with Crippen LogP contribution in [0.25, 0.3) is 0 Å². The molecule has 0 aliphatic carbocycles. The lowest BCUT2D eigenvalue weighted by Crippen LogP contribution is -2.19. The first kappa shape index (κ1) is 13.0. The first-order valence-corrected chi connectivity index (χ1v) is 3.89. The van der Waals surface area contributed by atoms with E-state index in [1.807, 2.05) is 0 Å². The van der Waals surface area contributed by atoms with Crippen LogP contribution < -0.4 is 0 Å². The maximum absolute atomic E-state index is 11.4. The molecule has 0 aliphatic heterocycles. The average Bonchev–Trinajstić information content (AvgIpc) is 2.16. The first-order valence-electron chi connectivity index (χ1n) is 3.89. The Kier molecular flexibility index (Phi) is 4.32. The van der Waals surface area contributed by atoms with Crippen LogP contribution in [0.3, 0.4) is 0 Å². The zero-order valence-electron chi connectivity index (χ0n) is 8.29. The van der Waals surface area contributed by atoms with E-state index in [2.05, 4.69) is 6.58 Å². The standard InChI is InChI=1S/C10H9O5/c1-5(2)9(13)8(7(12)4-11)6(3)10(14)15/h1H2,2-3H3,(H,14,15). The number of ketones is 2. The summed E-state index contributed by atoms with van der Waals surface area (Å²) in [7, 11) is 0. The van der Waals surface area contributed by atoms with Crippen molar-refractivity contribution in [1.82, 2.24) is 0 Å². The Bertz CT molecular complexity index is 387. The van der Waals surface area contributed by atoms with Crippen LogP contribution in [-0.2, 0) is 19.2 Å². The van der Waals surface area contributed by atoms with Crippen LogP contribution in [0.4, 0.5) is 0 Å². The fourth-order valence-electron chi connectivity index (χ4n) is 0.815. The van der Waals surface area contributed by atoms with Gasteiger partial charge in [0.15, 0.2) is 5.78 Å². The highest BCUT2D eigenvalue weighted by Gasteiger charge is 2.24. The number of allylic oxidation sites excluding steroid dienone is 2. The first-order chi connectivity index (χ1) is 6.82. The molecular weight excluding hydrogens is 200 g/mol. The van der Waals surface area contributed by atoms with E-state index in [1.165, 1.54) is 6.92 Å². The Labute approximate surface area is 86.1 Å². The molecular formula is C10H9O5. The summed E-state index contributed by atoms with van der Waals surface area (Å²) >= 11 is 0. The van der Waals surface area contributed by atoms with E-state index in [4.69, 9.17) is 5.11 Å². The molecule has 5 heteroatoms. The molecule has 5 nitrogen and oxygen atoms in total. The summed E-state index contributed by atoms with van der Waals surface area (Å²) in [5, 5.41) is 8.61. The summed E-state index contributed by atoms with van der Waals surface area (Å²) in [6.07, 6.45) is 0.965. The minimum atomic E-state index is -1.44. The monoisotopic (exact) mass is 209 g/mol. The molecule has 0 aliphatic rings. The predicted molar refractivity (Wildman–Crippen MR) is 50.9 cm³/mol. The molecule has 0 atom stereocenters. The zero-order valence-corrected chi connectivity index (χ0v) is 8.29. The van der Waals surface area contributed by atoms with E-state index >= 15 is 0 Å². The van der Waals surface area contributed by atoms with Crippen molar-refractivity contribution in [2.75, 3.05) is 0 Å². The van der Waals surface area contributed by atoms with Crippen molar-refractivity contribution in [2.24, 2.45) is 0 Å². The maximum atomic E-state index is 11.4. The molecule has 1 radical (unpaired) electrons. The van der Waals surface area contributed by atoms with E-state index < -0.39 is 28.7 Å². The fourth-order valence-corrected chi connectivity index (χ4v) is 0.815. The van der Waals surface area contributed by atoms with Gasteiger partial charge in [-0.15, -0.1) is 0 Å². The van der Waals surface area contributed by atoms with Crippen LogP contribution in [-0.4, -0.2) is 28.9 Å². The molecule has 0 amide bonds. The molecule has 0 unspecified atom stereocenters. The number of hydrogen-bond donors (Lipinski definition) is 1. The summed E-state index contributed by atoms with van der Waals surface area (Å²) in [5.41, 5.74) is -1.20. The number of Topliss-reactive ketones (excluding diaryl/α,β-unsaturated/α-hetero) is 2. The number of carboxylic acid groups (broad SMARTS) is 1. The molecule has 0 saturated heterocycles. The van der Waals surface area contributed by atoms with E-state index in [9.17, 15) is 19.2 Å². The quantitative estimate of drug-likeness (QED) is 0.302. The van der Waals surface area contributed by atoms with Gasteiger partial charge in [-0.1, -0.05) is 6.58 Å². The van der Waals surface area contributed by atoms with E-state index in [0.29, 0.717) is 0 Å². The summed E-state index contributed by atoms with van der Waals surface area (Å²) in [6.45, 7) is 5.65. The van der Waals surface area contributed by atoms with E-state index in [-0.39, 0.29) is 5.57 Å². The van der Waals surface area contributed by atoms with Gasteiger partial charge >= 0.3 is 5.97 Å². The minimum Gasteiger partial charge on any atom is -0.478 e. The number of rotatable bonds is 5. The summed E-state index contributed by atoms with van der Waals surface area (Å²) in [4.78, 5) is 43.0. The van der Waals surface area contributed by atoms with Crippen LogP contribution >= 0.6 is 0 Å². The van der Waals surface area contributed by atoms with E-state index in [0.717, 1.165) is 13.2 Å². The molecule has 0 aromatic carbocycles. The maximum Gasteiger partial charge on any atom is 0.332 e. The molecule has 79 valence electrons. The molecule has 1 N–H and O–H groups in total. The third-order valence-corrected chi connectivity index (χ3v) is 1.63. The Morgan fingerprint density at radius 1 is 1.20 bits per heavy atom. The summed E-state index contributed by atoms with van der Waals surface area (Å²) < 4.78 is 0. The lowest BCUT2D eigenvalue weighted by molar-refractivity contribution is -0.133. The van der Waals surface area contributed by atoms with Gasteiger partial charge in [0.1, 0.15) is 0 Å². The molecule has 0 aromatic heterocycles. The van der Waals surface area contributed by atoms with Crippen molar-refractivity contribution in [2.45, 2.75) is 13.8 Å². The van der Waals surface area contributed by atoms with Gasteiger partial charge in [0.2, 0.25) is 5.78 Å². The smallest absolute Gasteiger partial charge is 0.332 e. The van der Waals surface area contributed by atoms with Gasteiger partial charge in [-0.2, -0.15) is 0 Å². The van der Waals surface area contributed by atoms with Gasteiger partial charge in [-0.05, 0) is 19.4 Å². The van der Waals surface area contributed by atoms with Crippen molar-refractivity contribution >= 4 is 23.8 Å². The number of carbonyl (C=O) groups excluding carboxylic acids is 3. The third-order valence-electron chi connectivity index (χ3n) is 1.63. The lowest BCUT2D eigenvalue weighted by Gasteiger charge is -2.03. The minimum absolute atomic E-state index is 0.0193. The van der Waals surface area contributed by atoms with Crippen LogP contribution in [0.5, 0.6) is 0 Å². The molecule has 0 heterocycles. The van der Waals surface area contributed by atoms with Gasteiger partial charge in [0.05, 0.1) is 5.57 Å². The Hall–Kier alpha value is -2.04. The SMILES string of the molecule is C=C(C)C(=O)C(C(=O)[C]=O)=C(C)C(=O)O. The number of carboxylic acids is 1. The second kappa shape index (κ2) is 4.99. The van der Waals surface area contributed by atoms with Crippen LogP contribution in [0.2, 0.25) is 0 Å². The van der Waals surface area contributed by atoms with E-state index in [1.54, 1.807) is 0 Å². The average molecular weight is 209 g/mol. The highest BCUT2D eigenvalue weighted by atomic mass is 16.4. The second-order valence-electron chi connectivity index (χ2n) is 2.85. The normalized spacial score (nSPS) is 11.3. The number of hydrogen-bond acceptors (Lipinski definition) is 4. The molecule has 0 spiro atoms. The van der Waals surface area contributed by atoms with Crippen molar-refractivity contribution < 1.29 is 24.3 Å². The van der Waals surface area contributed by atoms with Gasteiger partial charge in [0, 0.05) is 5.57 Å². The van der Waals surface area contributed by atoms with Gasteiger partial charge in [0.25, 0.3) is 6.29 Å². The number of aliphatic carboxylic acids is 1. The predicted octanol–water partition coefficient (Wildman–Crippen LogP) is 0.211. The highest BCUT2D eigenvalue weighted by molar-refractivity contribution is 6.45. The molecule has 0 fully saturated rings.